The Morgan fingerprint density at radius 2 is 1.41 bits per heavy atom. The fourth-order valence-corrected chi connectivity index (χ4v) is 3.28. The standard InChI is InChI=1S/C17H17F3N4O4.C8H8F3NO/c1-28-15-5-3-11(17(18,19)20)9-13(15)23-16(25)22-7-6-10-2-4-12(21)14(8-10)24(26)27;1-13-7-3-2-5(4-6(7)12)8(9,10)11/h2-5,8-9H,6-7,21H2,1H3,(H2,22,23,25);2-4H,12H2,1H3. The molecule has 0 aliphatic rings. The van der Waals surface area contributed by atoms with E-state index in [-0.39, 0.29) is 47.2 Å². The molecule has 2 amide bonds. The van der Waals surface area contributed by atoms with E-state index >= 15 is 0 Å². The van der Waals surface area contributed by atoms with Crippen LogP contribution in [0.5, 0.6) is 11.5 Å². The van der Waals surface area contributed by atoms with E-state index in [0.29, 0.717) is 5.56 Å². The Morgan fingerprint density at radius 1 is 0.854 bits per heavy atom. The van der Waals surface area contributed by atoms with Crippen molar-refractivity contribution in [3.63, 3.8) is 0 Å². The van der Waals surface area contributed by atoms with E-state index in [0.717, 1.165) is 30.3 Å². The Balaban J connectivity index is 0.000000377. The molecule has 0 aliphatic heterocycles. The van der Waals surface area contributed by atoms with Crippen molar-refractivity contribution in [2.75, 3.05) is 37.5 Å². The van der Waals surface area contributed by atoms with Crippen LogP contribution in [0.15, 0.2) is 54.6 Å². The van der Waals surface area contributed by atoms with E-state index < -0.39 is 34.4 Å². The summed E-state index contributed by atoms with van der Waals surface area (Å²) in [6.45, 7) is 0.0915. The molecule has 3 rings (SSSR count). The summed E-state index contributed by atoms with van der Waals surface area (Å²) in [7, 11) is 2.61. The number of hydrogen-bond acceptors (Lipinski definition) is 7. The Kier molecular flexibility index (Phi) is 10.6. The number of carbonyl (C=O) groups is 1. The van der Waals surface area contributed by atoms with Gasteiger partial charge >= 0.3 is 18.4 Å². The minimum atomic E-state index is -4.57. The van der Waals surface area contributed by atoms with Crippen LogP contribution in [0.25, 0.3) is 0 Å². The summed E-state index contributed by atoms with van der Waals surface area (Å²) in [5.74, 6) is 0.310. The second kappa shape index (κ2) is 13.5. The van der Waals surface area contributed by atoms with E-state index in [4.69, 9.17) is 20.9 Å². The van der Waals surface area contributed by atoms with Gasteiger partial charge in [-0.15, -0.1) is 0 Å². The lowest BCUT2D eigenvalue weighted by molar-refractivity contribution is -0.384. The molecule has 3 aromatic rings. The van der Waals surface area contributed by atoms with E-state index in [9.17, 15) is 41.3 Å². The average Bonchev–Trinajstić information content (AvgIpc) is 2.88. The highest BCUT2D eigenvalue weighted by Gasteiger charge is 2.32. The molecule has 0 bridgehead atoms. The molecule has 10 nitrogen and oxygen atoms in total. The maximum Gasteiger partial charge on any atom is 0.416 e. The van der Waals surface area contributed by atoms with Crippen molar-refractivity contribution in [1.29, 1.82) is 0 Å². The zero-order valence-electron chi connectivity index (χ0n) is 21.5. The van der Waals surface area contributed by atoms with Gasteiger partial charge in [0.15, 0.2) is 0 Å². The highest BCUT2D eigenvalue weighted by molar-refractivity contribution is 5.91. The monoisotopic (exact) mass is 589 g/mol. The molecule has 0 radical (unpaired) electrons. The number of alkyl halides is 6. The summed E-state index contributed by atoms with van der Waals surface area (Å²) < 4.78 is 84.5. The van der Waals surface area contributed by atoms with Crippen molar-refractivity contribution in [1.82, 2.24) is 5.32 Å². The summed E-state index contributed by atoms with van der Waals surface area (Å²) in [5.41, 5.74) is 9.30. The van der Waals surface area contributed by atoms with Crippen LogP contribution < -0.4 is 31.6 Å². The molecule has 0 atom stereocenters. The number of nitrogen functional groups attached to an aromatic ring is 2. The Hall–Kier alpha value is -4.89. The molecule has 0 saturated carbocycles. The maximum atomic E-state index is 12.8. The first kappa shape index (κ1) is 32.3. The molecule has 0 saturated heterocycles. The number of benzene rings is 3. The van der Waals surface area contributed by atoms with Crippen LogP contribution in [0.2, 0.25) is 0 Å². The van der Waals surface area contributed by atoms with Gasteiger partial charge in [0.05, 0.1) is 41.6 Å². The molecule has 0 unspecified atom stereocenters. The number of anilines is 3. The number of urea groups is 1. The third-order valence-corrected chi connectivity index (χ3v) is 5.32. The van der Waals surface area contributed by atoms with Crippen LogP contribution in [0, 0.1) is 10.1 Å². The quantitative estimate of drug-likeness (QED) is 0.116. The number of ether oxygens (including phenoxy) is 2. The van der Waals surface area contributed by atoms with Crippen LogP contribution in [0.3, 0.4) is 0 Å². The topological polar surface area (TPSA) is 155 Å². The molecule has 16 heteroatoms. The zero-order chi connectivity index (χ0) is 31.0. The van der Waals surface area contributed by atoms with Gasteiger partial charge in [0, 0.05) is 12.6 Å². The Morgan fingerprint density at radius 3 is 1.93 bits per heavy atom. The molecule has 222 valence electrons. The van der Waals surface area contributed by atoms with E-state index in [1.807, 2.05) is 0 Å². The SMILES string of the molecule is COc1ccc(C(F)(F)F)cc1N.COc1ccc(C(F)(F)F)cc1NC(=O)NCCc1ccc(N)c([N+](=O)[O-])c1. The number of nitrogens with one attached hydrogen (secondary N) is 2. The number of nitrogens with two attached hydrogens (primary N) is 2. The minimum Gasteiger partial charge on any atom is -0.495 e. The van der Waals surface area contributed by atoms with E-state index in [1.54, 1.807) is 6.07 Å². The zero-order valence-corrected chi connectivity index (χ0v) is 21.5. The predicted octanol–water partition coefficient (Wildman–Crippen LogP) is 5.86. The van der Waals surface area contributed by atoms with Crippen LogP contribution in [0.4, 0.5) is 53.9 Å². The van der Waals surface area contributed by atoms with Gasteiger partial charge in [0.25, 0.3) is 5.69 Å². The fraction of sp³-hybridized carbons (Fsp3) is 0.240. The molecule has 0 heterocycles. The summed E-state index contributed by atoms with van der Waals surface area (Å²) in [6, 6.07) is 9.20. The third kappa shape index (κ3) is 9.36. The van der Waals surface area contributed by atoms with Crippen molar-refractivity contribution in [2.45, 2.75) is 18.8 Å². The van der Waals surface area contributed by atoms with Gasteiger partial charge in [0.2, 0.25) is 0 Å². The third-order valence-electron chi connectivity index (χ3n) is 5.32. The highest BCUT2D eigenvalue weighted by Crippen LogP contribution is 2.35. The van der Waals surface area contributed by atoms with Crippen LogP contribution in [-0.4, -0.2) is 31.7 Å². The van der Waals surface area contributed by atoms with Crippen molar-refractivity contribution >= 4 is 28.8 Å². The first-order chi connectivity index (χ1) is 19.1. The van der Waals surface area contributed by atoms with Crippen LogP contribution in [0.1, 0.15) is 16.7 Å². The van der Waals surface area contributed by atoms with Crippen molar-refractivity contribution < 1.29 is 45.5 Å². The van der Waals surface area contributed by atoms with Gasteiger partial charge in [-0.05, 0) is 54.4 Å². The van der Waals surface area contributed by atoms with Gasteiger partial charge in [0.1, 0.15) is 17.2 Å². The van der Waals surface area contributed by atoms with E-state index in [2.05, 4.69) is 10.6 Å². The molecule has 0 aliphatic carbocycles. The molecule has 0 aromatic heterocycles. The second-order valence-electron chi connectivity index (χ2n) is 8.15. The highest BCUT2D eigenvalue weighted by atomic mass is 19.4. The second-order valence-corrected chi connectivity index (χ2v) is 8.15. The molecular weight excluding hydrogens is 564 g/mol. The first-order valence-electron chi connectivity index (χ1n) is 11.4. The fourth-order valence-electron chi connectivity index (χ4n) is 3.28. The van der Waals surface area contributed by atoms with Gasteiger partial charge in [-0.1, -0.05) is 6.07 Å². The lowest BCUT2D eigenvalue weighted by Crippen LogP contribution is -2.30. The largest absolute Gasteiger partial charge is 0.495 e. The summed E-state index contributed by atoms with van der Waals surface area (Å²) in [5, 5.41) is 15.6. The number of carbonyl (C=O) groups excluding carboxylic acids is 1. The number of rotatable bonds is 7. The van der Waals surface area contributed by atoms with Crippen molar-refractivity contribution in [3.8, 4) is 11.5 Å². The number of nitro groups is 1. The number of methoxy groups -OCH3 is 2. The summed E-state index contributed by atoms with van der Waals surface area (Å²) >= 11 is 0. The molecule has 3 aromatic carbocycles. The average molecular weight is 589 g/mol. The lowest BCUT2D eigenvalue weighted by atomic mass is 10.1. The van der Waals surface area contributed by atoms with Crippen molar-refractivity contribution in [3.05, 3.63) is 81.4 Å². The minimum absolute atomic E-state index is 0.0164. The normalized spacial score (nSPS) is 11.1. The number of nitrogens with zero attached hydrogens (tertiary/aromatic N) is 1. The first-order valence-corrected chi connectivity index (χ1v) is 11.4. The molecule has 0 spiro atoms. The number of amides is 2. The van der Waals surface area contributed by atoms with Gasteiger partial charge < -0.3 is 31.6 Å². The Bertz CT molecular complexity index is 1380. The van der Waals surface area contributed by atoms with Crippen molar-refractivity contribution in [2.24, 2.45) is 0 Å². The van der Waals surface area contributed by atoms with Crippen LogP contribution >= 0.6 is 0 Å². The number of nitro benzene ring substituents is 1. The number of hydrogen-bond donors (Lipinski definition) is 4. The van der Waals surface area contributed by atoms with Gasteiger partial charge in [-0.25, -0.2) is 4.79 Å². The maximum absolute atomic E-state index is 12.8. The van der Waals surface area contributed by atoms with E-state index in [1.165, 1.54) is 32.4 Å². The predicted molar refractivity (Wildman–Crippen MR) is 139 cm³/mol. The number of halogens is 6. The molecule has 0 fully saturated rings. The Labute approximate surface area is 229 Å². The molecule has 41 heavy (non-hydrogen) atoms. The molecule has 6 N–H and O–H groups in total. The molecular formula is C25H25F6N5O5. The summed E-state index contributed by atoms with van der Waals surface area (Å²) in [6.07, 6.45) is -8.67. The summed E-state index contributed by atoms with van der Waals surface area (Å²) in [4.78, 5) is 22.2. The van der Waals surface area contributed by atoms with Crippen LogP contribution in [-0.2, 0) is 18.8 Å². The van der Waals surface area contributed by atoms with Gasteiger partial charge in [-0.2, -0.15) is 26.3 Å². The smallest absolute Gasteiger partial charge is 0.416 e. The lowest BCUT2D eigenvalue weighted by Gasteiger charge is -2.14. The van der Waals surface area contributed by atoms with Gasteiger partial charge in [-0.3, -0.25) is 10.1 Å².